The van der Waals surface area contributed by atoms with Crippen LogP contribution in [-0.4, -0.2) is 11.0 Å². The van der Waals surface area contributed by atoms with Gasteiger partial charge >= 0.3 is 0 Å². The summed E-state index contributed by atoms with van der Waals surface area (Å²) in [4.78, 5) is 4.31. The number of pyridine rings is 1. The van der Waals surface area contributed by atoms with Crippen molar-refractivity contribution < 1.29 is 0 Å². The second kappa shape index (κ2) is 3.86. The molecule has 0 bridgehead atoms. The normalized spacial score (nSPS) is 17.2. The van der Waals surface area contributed by atoms with Gasteiger partial charge in [-0.1, -0.05) is 12.8 Å². The fourth-order valence-electron chi connectivity index (χ4n) is 2.01. The Morgan fingerprint density at radius 1 is 1.43 bits per heavy atom. The Bertz CT molecular complexity index is 316. The molecule has 3 heteroatoms. The first-order valence-corrected chi connectivity index (χ1v) is 5.24. The maximum atomic E-state index is 5.65. The predicted octanol–water partition coefficient (Wildman–Crippen LogP) is 2.33. The van der Waals surface area contributed by atoms with E-state index in [1.54, 1.807) is 6.20 Å². The van der Waals surface area contributed by atoms with Crippen LogP contribution >= 0.6 is 0 Å². The number of nitrogen functional groups attached to an aromatic ring is 1. The van der Waals surface area contributed by atoms with Gasteiger partial charge in [-0.15, -0.1) is 0 Å². The lowest BCUT2D eigenvalue weighted by Gasteiger charge is -2.14. The Kier molecular flexibility index (Phi) is 2.57. The largest absolute Gasteiger partial charge is 0.397 e. The van der Waals surface area contributed by atoms with E-state index in [-0.39, 0.29) is 0 Å². The van der Waals surface area contributed by atoms with Crippen molar-refractivity contribution in [2.24, 2.45) is 0 Å². The number of anilines is 2. The minimum Gasteiger partial charge on any atom is -0.397 e. The molecular weight excluding hydrogens is 174 g/mol. The minimum absolute atomic E-state index is 0.616. The maximum Gasteiger partial charge on any atom is 0.129 e. The van der Waals surface area contributed by atoms with Gasteiger partial charge in [-0.05, 0) is 31.4 Å². The van der Waals surface area contributed by atoms with Crippen LogP contribution in [0.2, 0.25) is 0 Å². The van der Waals surface area contributed by atoms with E-state index >= 15 is 0 Å². The monoisotopic (exact) mass is 191 g/mol. The molecule has 3 N–H and O–H groups in total. The minimum atomic E-state index is 0.616. The fourth-order valence-corrected chi connectivity index (χ4v) is 2.01. The van der Waals surface area contributed by atoms with Crippen molar-refractivity contribution in [2.45, 2.75) is 38.6 Å². The SMILES string of the molecule is Cc1cc(N)cnc1NC1CCCC1. The van der Waals surface area contributed by atoms with Gasteiger partial charge in [-0.2, -0.15) is 0 Å². The van der Waals surface area contributed by atoms with E-state index < -0.39 is 0 Å². The molecule has 2 rings (SSSR count). The second-order valence-corrected chi connectivity index (χ2v) is 4.06. The Morgan fingerprint density at radius 3 is 2.79 bits per heavy atom. The Labute approximate surface area is 84.7 Å². The average Bonchev–Trinajstić information content (AvgIpc) is 2.62. The number of nitrogens with two attached hydrogens (primary N) is 1. The number of aromatic nitrogens is 1. The lowest BCUT2D eigenvalue weighted by atomic mass is 10.2. The zero-order valence-electron chi connectivity index (χ0n) is 8.59. The number of aryl methyl sites for hydroxylation is 1. The van der Waals surface area contributed by atoms with Crippen LogP contribution in [0.1, 0.15) is 31.2 Å². The van der Waals surface area contributed by atoms with Crippen molar-refractivity contribution in [3.8, 4) is 0 Å². The van der Waals surface area contributed by atoms with Crippen LogP contribution in [0.15, 0.2) is 12.3 Å². The van der Waals surface area contributed by atoms with Gasteiger partial charge in [-0.3, -0.25) is 0 Å². The van der Waals surface area contributed by atoms with Crippen LogP contribution in [0.3, 0.4) is 0 Å². The molecule has 0 spiro atoms. The number of nitrogens with zero attached hydrogens (tertiary/aromatic N) is 1. The summed E-state index contributed by atoms with van der Waals surface area (Å²) in [6, 6.07) is 2.58. The Hall–Kier alpha value is -1.25. The van der Waals surface area contributed by atoms with E-state index in [4.69, 9.17) is 5.73 Å². The van der Waals surface area contributed by atoms with E-state index in [0.29, 0.717) is 6.04 Å². The van der Waals surface area contributed by atoms with Crippen LogP contribution in [0.5, 0.6) is 0 Å². The first-order valence-electron chi connectivity index (χ1n) is 5.24. The Balaban J connectivity index is 2.08. The second-order valence-electron chi connectivity index (χ2n) is 4.06. The van der Waals surface area contributed by atoms with Crippen LogP contribution in [-0.2, 0) is 0 Å². The van der Waals surface area contributed by atoms with Crippen LogP contribution in [0, 0.1) is 6.92 Å². The standard InChI is InChI=1S/C11H17N3/c1-8-6-9(12)7-13-11(8)14-10-4-2-3-5-10/h6-7,10H,2-5,12H2,1H3,(H,13,14). The van der Waals surface area contributed by atoms with Crippen LogP contribution < -0.4 is 11.1 Å². The molecule has 1 saturated carbocycles. The molecule has 0 radical (unpaired) electrons. The third kappa shape index (κ3) is 1.97. The molecule has 0 unspecified atom stereocenters. The number of rotatable bonds is 2. The van der Waals surface area contributed by atoms with E-state index in [0.717, 1.165) is 17.1 Å². The van der Waals surface area contributed by atoms with E-state index in [2.05, 4.69) is 10.3 Å². The smallest absolute Gasteiger partial charge is 0.129 e. The van der Waals surface area contributed by atoms with Gasteiger partial charge in [0.1, 0.15) is 5.82 Å². The quantitative estimate of drug-likeness (QED) is 0.754. The summed E-state index contributed by atoms with van der Waals surface area (Å²) in [5.74, 6) is 0.992. The summed E-state index contributed by atoms with van der Waals surface area (Å²) < 4.78 is 0. The van der Waals surface area contributed by atoms with Crippen molar-refractivity contribution in [3.05, 3.63) is 17.8 Å². The molecule has 0 aliphatic heterocycles. The lowest BCUT2D eigenvalue weighted by Crippen LogP contribution is -2.16. The summed E-state index contributed by atoms with van der Waals surface area (Å²) in [5, 5.41) is 3.47. The predicted molar refractivity (Wildman–Crippen MR) is 59.3 cm³/mol. The molecule has 1 aliphatic rings. The van der Waals surface area contributed by atoms with Crippen molar-refractivity contribution in [1.82, 2.24) is 4.98 Å². The fraction of sp³-hybridized carbons (Fsp3) is 0.545. The topological polar surface area (TPSA) is 50.9 Å². The highest BCUT2D eigenvalue weighted by Crippen LogP contribution is 2.23. The van der Waals surface area contributed by atoms with E-state index in [9.17, 15) is 0 Å². The van der Waals surface area contributed by atoms with Gasteiger partial charge in [-0.25, -0.2) is 4.98 Å². The summed E-state index contributed by atoms with van der Waals surface area (Å²) in [5.41, 5.74) is 7.52. The lowest BCUT2D eigenvalue weighted by molar-refractivity contribution is 0.749. The third-order valence-electron chi connectivity index (χ3n) is 2.80. The molecule has 0 saturated heterocycles. The highest BCUT2D eigenvalue weighted by atomic mass is 15.0. The van der Waals surface area contributed by atoms with Crippen LogP contribution in [0.4, 0.5) is 11.5 Å². The maximum absolute atomic E-state index is 5.65. The van der Waals surface area contributed by atoms with Crippen molar-refractivity contribution >= 4 is 11.5 Å². The summed E-state index contributed by atoms with van der Waals surface area (Å²) in [6.45, 7) is 2.04. The molecule has 1 aromatic rings. The number of hydrogen-bond acceptors (Lipinski definition) is 3. The van der Waals surface area contributed by atoms with Gasteiger partial charge in [0, 0.05) is 6.04 Å². The van der Waals surface area contributed by atoms with E-state index in [1.165, 1.54) is 25.7 Å². The molecule has 3 nitrogen and oxygen atoms in total. The summed E-state index contributed by atoms with van der Waals surface area (Å²) in [6.07, 6.45) is 6.93. The average molecular weight is 191 g/mol. The molecular formula is C11H17N3. The van der Waals surface area contributed by atoms with Gasteiger partial charge in [0.15, 0.2) is 0 Å². The highest BCUT2D eigenvalue weighted by molar-refractivity contribution is 5.51. The van der Waals surface area contributed by atoms with Gasteiger partial charge in [0.2, 0.25) is 0 Å². The highest BCUT2D eigenvalue weighted by Gasteiger charge is 2.15. The molecule has 14 heavy (non-hydrogen) atoms. The van der Waals surface area contributed by atoms with Crippen molar-refractivity contribution in [2.75, 3.05) is 11.1 Å². The number of nitrogens with one attached hydrogen (secondary N) is 1. The molecule has 0 aromatic carbocycles. The summed E-state index contributed by atoms with van der Waals surface area (Å²) >= 11 is 0. The van der Waals surface area contributed by atoms with Crippen LogP contribution in [0.25, 0.3) is 0 Å². The van der Waals surface area contributed by atoms with Crippen molar-refractivity contribution in [1.29, 1.82) is 0 Å². The molecule has 1 heterocycles. The van der Waals surface area contributed by atoms with Gasteiger partial charge in [0.25, 0.3) is 0 Å². The number of hydrogen-bond donors (Lipinski definition) is 2. The third-order valence-corrected chi connectivity index (χ3v) is 2.80. The molecule has 76 valence electrons. The molecule has 1 fully saturated rings. The summed E-state index contributed by atoms with van der Waals surface area (Å²) in [7, 11) is 0. The molecule has 0 atom stereocenters. The van der Waals surface area contributed by atoms with E-state index in [1.807, 2.05) is 13.0 Å². The molecule has 0 amide bonds. The Morgan fingerprint density at radius 2 is 2.14 bits per heavy atom. The molecule has 1 aliphatic carbocycles. The zero-order valence-corrected chi connectivity index (χ0v) is 8.59. The first-order chi connectivity index (χ1) is 6.75. The first kappa shape index (κ1) is 9.31. The van der Waals surface area contributed by atoms with Gasteiger partial charge in [0.05, 0.1) is 11.9 Å². The van der Waals surface area contributed by atoms with Gasteiger partial charge < -0.3 is 11.1 Å². The molecule has 1 aromatic heterocycles. The zero-order chi connectivity index (χ0) is 9.97. The van der Waals surface area contributed by atoms with Crippen molar-refractivity contribution in [3.63, 3.8) is 0 Å².